The van der Waals surface area contributed by atoms with Crippen molar-refractivity contribution < 1.29 is 4.79 Å². The molecule has 118 valence electrons. The summed E-state index contributed by atoms with van der Waals surface area (Å²) in [6, 6.07) is 5.80. The Hall–Kier alpha value is -0.480. The van der Waals surface area contributed by atoms with E-state index in [1.54, 1.807) is 6.07 Å². The van der Waals surface area contributed by atoms with Crippen molar-refractivity contribution in [2.45, 2.75) is 31.7 Å². The average molecular weight is 352 g/mol. The number of carbonyl (C=O) groups is 1. The van der Waals surface area contributed by atoms with Crippen LogP contribution in [0.15, 0.2) is 18.2 Å². The van der Waals surface area contributed by atoms with Crippen molar-refractivity contribution in [2.24, 2.45) is 0 Å². The van der Waals surface area contributed by atoms with Gasteiger partial charge in [-0.25, -0.2) is 0 Å². The molecule has 0 radical (unpaired) electrons. The highest BCUT2D eigenvalue weighted by atomic mass is 35.5. The molecular formula is C15H21Cl3N2O. The molecular weight excluding hydrogens is 331 g/mol. The number of benzene rings is 1. The number of nitrogens with one attached hydrogen (secondary N) is 1. The summed E-state index contributed by atoms with van der Waals surface area (Å²) in [4.78, 5) is 14.3. The molecule has 0 saturated carbocycles. The molecule has 1 heterocycles. The zero-order chi connectivity index (χ0) is 14.5. The maximum Gasteiger partial charge on any atom is 0.223 e. The molecule has 1 amide bonds. The van der Waals surface area contributed by atoms with E-state index in [4.69, 9.17) is 23.2 Å². The van der Waals surface area contributed by atoms with Gasteiger partial charge < -0.3 is 10.2 Å². The minimum absolute atomic E-state index is 0. The first-order valence-electron chi connectivity index (χ1n) is 7.02. The predicted octanol–water partition coefficient (Wildman–Crippen LogP) is 4.08. The Morgan fingerprint density at radius 3 is 2.81 bits per heavy atom. The van der Waals surface area contributed by atoms with Gasteiger partial charge in [-0.3, -0.25) is 4.79 Å². The smallest absolute Gasteiger partial charge is 0.223 e. The van der Waals surface area contributed by atoms with Gasteiger partial charge in [0.1, 0.15) is 0 Å². The third kappa shape index (κ3) is 4.75. The van der Waals surface area contributed by atoms with Crippen LogP contribution in [0, 0.1) is 0 Å². The van der Waals surface area contributed by atoms with Crippen LogP contribution < -0.4 is 5.32 Å². The van der Waals surface area contributed by atoms with Crippen LogP contribution in [-0.4, -0.2) is 30.9 Å². The van der Waals surface area contributed by atoms with Crippen LogP contribution in [0.5, 0.6) is 0 Å². The number of hydrogen-bond acceptors (Lipinski definition) is 2. The van der Waals surface area contributed by atoms with E-state index in [9.17, 15) is 4.79 Å². The van der Waals surface area contributed by atoms with Crippen LogP contribution in [0.1, 0.15) is 37.3 Å². The van der Waals surface area contributed by atoms with Gasteiger partial charge in [-0.1, -0.05) is 29.3 Å². The molecule has 0 bridgehead atoms. The normalized spacial score (nSPS) is 17.7. The third-order valence-corrected chi connectivity index (χ3v) is 4.46. The van der Waals surface area contributed by atoms with Crippen molar-refractivity contribution in [1.29, 1.82) is 0 Å². The summed E-state index contributed by atoms with van der Waals surface area (Å²) in [6.45, 7) is 1.71. The molecule has 21 heavy (non-hydrogen) atoms. The summed E-state index contributed by atoms with van der Waals surface area (Å²) >= 11 is 12.0. The molecule has 3 nitrogen and oxygen atoms in total. The molecule has 1 fully saturated rings. The fourth-order valence-electron chi connectivity index (χ4n) is 2.69. The zero-order valence-corrected chi connectivity index (χ0v) is 14.4. The van der Waals surface area contributed by atoms with Gasteiger partial charge >= 0.3 is 0 Å². The number of carbonyl (C=O) groups excluding carboxylic acids is 1. The number of halogens is 3. The standard InChI is InChI=1S/C15H20Cl2N2O.ClH/c1-18-8-2-5-15(20)19-9-3-4-14(19)11-6-7-12(16)13(17)10-11;/h6-7,10,14,18H,2-5,8-9H2,1H3;1H. The zero-order valence-electron chi connectivity index (χ0n) is 12.1. The molecule has 1 atom stereocenters. The lowest BCUT2D eigenvalue weighted by Crippen LogP contribution is -2.30. The van der Waals surface area contributed by atoms with Crippen LogP contribution in [0.3, 0.4) is 0 Å². The number of rotatable bonds is 5. The van der Waals surface area contributed by atoms with Crippen molar-refractivity contribution >= 4 is 41.5 Å². The maximum atomic E-state index is 12.3. The SMILES string of the molecule is CNCCCC(=O)N1CCCC1c1ccc(Cl)c(Cl)c1.Cl. The molecule has 6 heteroatoms. The van der Waals surface area contributed by atoms with Gasteiger partial charge in [0.25, 0.3) is 0 Å². The lowest BCUT2D eigenvalue weighted by Gasteiger charge is -2.25. The minimum Gasteiger partial charge on any atom is -0.336 e. The third-order valence-electron chi connectivity index (χ3n) is 3.72. The number of amides is 1. The van der Waals surface area contributed by atoms with Crippen LogP contribution in [0.4, 0.5) is 0 Å². The molecule has 1 aromatic rings. The lowest BCUT2D eigenvalue weighted by molar-refractivity contribution is -0.132. The van der Waals surface area contributed by atoms with Crippen LogP contribution >= 0.6 is 35.6 Å². The fourth-order valence-corrected chi connectivity index (χ4v) is 3.00. The van der Waals surface area contributed by atoms with E-state index in [1.165, 1.54) is 0 Å². The Kier molecular flexibility index (Phi) is 7.82. The first kappa shape index (κ1) is 18.6. The molecule has 0 aliphatic carbocycles. The minimum atomic E-state index is 0. The van der Waals surface area contributed by atoms with Gasteiger partial charge in [0.05, 0.1) is 16.1 Å². The summed E-state index contributed by atoms with van der Waals surface area (Å²) in [5.41, 5.74) is 1.08. The van der Waals surface area contributed by atoms with E-state index in [-0.39, 0.29) is 24.4 Å². The van der Waals surface area contributed by atoms with Crippen LogP contribution in [0.25, 0.3) is 0 Å². The highest BCUT2D eigenvalue weighted by molar-refractivity contribution is 6.42. The van der Waals surface area contributed by atoms with E-state index in [1.807, 2.05) is 24.1 Å². The molecule has 1 saturated heterocycles. The van der Waals surface area contributed by atoms with E-state index < -0.39 is 0 Å². The van der Waals surface area contributed by atoms with Crippen molar-refractivity contribution in [3.05, 3.63) is 33.8 Å². The second-order valence-electron chi connectivity index (χ2n) is 5.13. The Morgan fingerprint density at radius 2 is 2.14 bits per heavy atom. The van der Waals surface area contributed by atoms with Gasteiger partial charge in [-0.2, -0.15) is 0 Å². The first-order chi connectivity index (χ1) is 9.63. The molecule has 2 rings (SSSR count). The average Bonchev–Trinajstić information content (AvgIpc) is 2.91. The molecule has 0 aromatic heterocycles. The number of nitrogens with zero attached hydrogens (tertiary/aromatic N) is 1. The van der Waals surface area contributed by atoms with Crippen LogP contribution in [0.2, 0.25) is 10.0 Å². The maximum absolute atomic E-state index is 12.3. The van der Waals surface area contributed by atoms with E-state index >= 15 is 0 Å². The molecule has 1 unspecified atom stereocenters. The first-order valence-corrected chi connectivity index (χ1v) is 7.78. The largest absolute Gasteiger partial charge is 0.336 e. The molecule has 1 aliphatic heterocycles. The Morgan fingerprint density at radius 1 is 1.38 bits per heavy atom. The highest BCUT2D eigenvalue weighted by Gasteiger charge is 2.29. The van der Waals surface area contributed by atoms with Crippen molar-refractivity contribution in [3.63, 3.8) is 0 Å². The summed E-state index contributed by atoms with van der Waals surface area (Å²) in [7, 11) is 1.90. The van der Waals surface area contributed by atoms with E-state index in [0.717, 1.165) is 37.9 Å². The van der Waals surface area contributed by atoms with Gasteiger partial charge in [-0.15, -0.1) is 12.4 Å². The van der Waals surface area contributed by atoms with Gasteiger partial charge in [0.2, 0.25) is 5.91 Å². The summed E-state index contributed by atoms with van der Waals surface area (Å²) in [5, 5.41) is 4.18. The summed E-state index contributed by atoms with van der Waals surface area (Å²) < 4.78 is 0. The van der Waals surface area contributed by atoms with Crippen molar-refractivity contribution in [3.8, 4) is 0 Å². The molecule has 1 aromatic carbocycles. The van der Waals surface area contributed by atoms with Gasteiger partial charge in [-0.05, 0) is 50.6 Å². The lowest BCUT2D eigenvalue weighted by atomic mass is 10.0. The van der Waals surface area contributed by atoms with Crippen molar-refractivity contribution in [1.82, 2.24) is 10.2 Å². The Balaban J connectivity index is 0.00000220. The highest BCUT2D eigenvalue weighted by Crippen LogP contribution is 2.35. The monoisotopic (exact) mass is 350 g/mol. The van der Waals surface area contributed by atoms with E-state index in [0.29, 0.717) is 16.5 Å². The predicted molar refractivity (Wildman–Crippen MR) is 90.6 cm³/mol. The molecule has 1 aliphatic rings. The number of likely N-dealkylation sites (tertiary alicyclic amines) is 1. The second-order valence-corrected chi connectivity index (χ2v) is 5.94. The number of hydrogen-bond donors (Lipinski definition) is 1. The topological polar surface area (TPSA) is 32.3 Å². The van der Waals surface area contributed by atoms with Gasteiger partial charge in [0.15, 0.2) is 0 Å². The Bertz CT molecular complexity index is 482. The molecule has 1 N–H and O–H groups in total. The summed E-state index contributed by atoms with van der Waals surface area (Å²) in [5.74, 6) is 0.230. The quantitative estimate of drug-likeness (QED) is 0.811. The summed E-state index contributed by atoms with van der Waals surface area (Å²) in [6.07, 6.45) is 3.51. The Labute approximate surface area is 142 Å². The fraction of sp³-hybridized carbons (Fsp3) is 0.533. The van der Waals surface area contributed by atoms with Gasteiger partial charge in [0, 0.05) is 13.0 Å². The van der Waals surface area contributed by atoms with Crippen LogP contribution in [-0.2, 0) is 4.79 Å². The second kappa shape index (κ2) is 8.84. The molecule has 0 spiro atoms. The van der Waals surface area contributed by atoms with Crippen molar-refractivity contribution in [2.75, 3.05) is 20.1 Å². The van der Waals surface area contributed by atoms with E-state index in [2.05, 4.69) is 5.32 Å².